The molecule has 0 spiro atoms. The van der Waals surface area contributed by atoms with E-state index >= 15 is 0 Å². The molecular weight excluding hydrogens is 479 g/mol. The SMILES string of the molecule is NCCCCCC(NC(=O)CCCC[C@@H]1SC[C@@H]2NC(=O)N[C@@H]21)C(=O)CI. The third-order valence-electron chi connectivity index (χ3n) is 5.13. The molecule has 0 aromatic carbocycles. The fraction of sp³-hybridized carbons (Fsp3) is 0.833. The zero-order valence-electron chi connectivity index (χ0n) is 15.7. The van der Waals surface area contributed by atoms with Gasteiger partial charge in [-0.3, -0.25) is 9.59 Å². The average molecular weight is 510 g/mol. The number of ketones is 1. The Morgan fingerprint density at radius 1 is 1.22 bits per heavy atom. The van der Waals surface area contributed by atoms with Crippen LogP contribution in [-0.2, 0) is 9.59 Å². The first kappa shape index (κ1) is 22.7. The lowest BCUT2D eigenvalue weighted by molar-refractivity contribution is -0.126. The maximum absolute atomic E-state index is 12.2. The highest BCUT2D eigenvalue weighted by molar-refractivity contribution is 14.1. The molecule has 1 unspecified atom stereocenters. The number of hydrogen-bond donors (Lipinski definition) is 4. The Hall–Kier alpha value is -0.550. The Labute approximate surface area is 179 Å². The van der Waals surface area contributed by atoms with Gasteiger partial charge >= 0.3 is 6.03 Å². The normalized spacial score (nSPS) is 24.8. The first-order chi connectivity index (χ1) is 13.0. The summed E-state index contributed by atoms with van der Waals surface area (Å²) in [5, 5.41) is 9.28. The topological polar surface area (TPSA) is 113 Å². The van der Waals surface area contributed by atoms with Gasteiger partial charge in [-0.15, -0.1) is 0 Å². The number of nitrogens with two attached hydrogens (primary N) is 1. The summed E-state index contributed by atoms with van der Waals surface area (Å²) < 4.78 is 0.417. The van der Waals surface area contributed by atoms with E-state index in [0.717, 1.165) is 44.3 Å². The molecule has 0 aliphatic carbocycles. The standard InChI is InChI=1S/C18H31IN4O3S/c19-10-14(24)12(6-2-1-5-9-20)21-16(25)8-4-3-7-15-17-13(11-27-15)22-18(26)23-17/h12-13,15,17H,1-11,20H2,(H,21,25)(H2,22,23,26)/t12?,13-,15-,17-/m0/s1. The van der Waals surface area contributed by atoms with E-state index in [0.29, 0.717) is 29.1 Å². The molecule has 9 heteroatoms. The summed E-state index contributed by atoms with van der Waals surface area (Å²) in [5.74, 6) is 1.01. The van der Waals surface area contributed by atoms with Crippen LogP contribution in [-0.4, -0.2) is 57.8 Å². The zero-order valence-corrected chi connectivity index (χ0v) is 18.6. The van der Waals surface area contributed by atoms with Gasteiger partial charge in [0.05, 0.1) is 22.6 Å². The van der Waals surface area contributed by atoms with Crippen molar-refractivity contribution in [3.63, 3.8) is 0 Å². The highest BCUT2D eigenvalue weighted by Gasteiger charge is 2.42. The number of urea groups is 1. The van der Waals surface area contributed by atoms with E-state index in [1.807, 2.05) is 11.8 Å². The third-order valence-corrected chi connectivity index (χ3v) is 7.39. The predicted molar refractivity (Wildman–Crippen MR) is 117 cm³/mol. The Balaban J connectivity index is 1.63. The minimum absolute atomic E-state index is 0.0372. The molecular formula is C18H31IN4O3S. The number of nitrogens with one attached hydrogen (secondary N) is 3. The Kier molecular flexibility index (Phi) is 10.2. The molecule has 0 aromatic heterocycles. The minimum atomic E-state index is -0.363. The highest BCUT2D eigenvalue weighted by atomic mass is 127. The second-order valence-corrected chi connectivity index (χ2v) is 9.26. The molecule has 2 rings (SSSR count). The van der Waals surface area contributed by atoms with Gasteiger partial charge in [-0.25, -0.2) is 4.79 Å². The van der Waals surface area contributed by atoms with Gasteiger partial charge in [-0.05, 0) is 32.2 Å². The smallest absolute Gasteiger partial charge is 0.315 e. The molecule has 2 saturated heterocycles. The molecule has 5 N–H and O–H groups in total. The molecule has 0 aromatic rings. The van der Waals surface area contributed by atoms with E-state index < -0.39 is 0 Å². The van der Waals surface area contributed by atoms with Crippen molar-refractivity contribution in [2.75, 3.05) is 16.7 Å². The number of halogens is 1. The first-order valence-corrected chi connectivity index (χ1v) is 12.4. The molecule has 154 valence electrons. The number of unbranched alkanes of at least 4 members (excludes halogenated alkanes) is 3. The van der Waals surface area contributed by atoms with Gasteiger partial charge in [0, 0.05) is 17.4 Å². The quantitative estimate of drug-likeness (QED) is 0.131. The molecule has 4 atom stereocenters. The molecule has 7 nitrogen and oxygen atoms in total. The van der Waals surface area contributed by atoms with Gasteiger partial charge < -0.3 is 21.7 Å². The number of Topliss-reactive ketones (excluding diaryl/α,β-unsaturated/α-hetero) is 1. The van der Waals surface area contributed by atoms with Crippen LogP contribution in [0.5, 0.6) is 0 Å². The summed E-state index contributed by atoms with van der Waals surface area (Å²) >= 11 is 3.95. The van der Waals surface area contributed by atoms with Crippen LogP contribution in [0.4, 0.5) is 4.79 Å². The van der Waals surface area contributed by atoms with Crippen LogP contribution < -0.4 is 21.7 Å². The van der Waals surface area contributed by atoms with Crippen molar-refractivity contribution in [1.29, 1.82) is 0 Å². The number of carbonyl (C=O) groups excluding carboxylic acids is 3. The largest absolute Gasteiger partial charge is 0.346 e. The molecule has 0 saturated carbocycles. The van der Waals surface area contributed by atoms with Crippen LogP contribution in [0.1, 0.15) is 51.4 Å². The average Bonchev–Trinajstić information content (AvgIpc) is 3.20. The highest BCUT2D eigenvalue weighted by Crippen LogP contribution is 2.33. The van der Waals surface area contributed by atoms with Gasteiger partial charge in [0.25, 0.3) is 0 Å². The summed E-state index contributed by atoms with van der Waals surface area (Å²) in [4.78, 5) is 35.7. The second-order valence-electron chi connectivity index (χ2n) is 7.23. The molecule has 2 aliphatic heterocycles. The lowest BCUT2D eigenvalue weighted by atomic mass is 10.0. The van der Waals surface area contributed by atoms with Crippen LogP contribution in [0.15, 0.2) is 0 Å². The third kappa shape index (κ3) is 7.41. The monoisotopic (exact) mass is 510 g/mol. The maximum Gasteiger partial charge on any atom is 0.315 e. The number of alkyl halides is 1. The van der Waals surface area contributed by atoms with Crippen LogP contribution in [0.25, 0.3) is 0 Å². The van der Waals surface area contributed by atoms with Crippen LogP contribution in [0, 0.1) is 0 Å². The zero-order chi connectivity index (χ0) is 19.6. The van der Waals surface area contributed by atoms with E-state index in [2.05, 4.69) is 38.5 Å². The van der Waals surface area contributed by atoms with Crippen molar-refractivity contribution in [2.45, 2.75) is 74.7 Å². The van der Waals surface area contributed by atoms with Gasteiger partial charge in [0.15, 0.2) is 5.78 Å². The lowest BCUT2D eigenvalue weighted by Crippen LogP contribution is -2.41. The van der Waals surface area contributed by atoms with Crippen molar-refractivity contribution in [1.82, 2.24) is 16.0 Å². The van der Waals surface area contributed by atoms with Crippen molar-refractivity contribution >= 4 is 52.1 Å². The van der Waals surface area contributed by atoms with E-state index in [9.17, 15) is 14.4 Å². The maximum atomic E-state index is 12.2. The fourth-order valence-electron chi connectivity index (χ4n) is 3.62. The number of amides is 3. The van der Waals surface area contributed by atoms with Crippen LogP contribution >= 0.6 is 34.4 Å². The molecule has 2 heterocycles. The molecule has 0 bridgehead atoms. The Morgan fingerprint density at radius 2 is 2.04 bits per heavy atom. The Morgan fingerprint density at radius 3 is 2.78 bits per heavy atom. The Bertz CT molecular complexity index is 523. The summed E-state index contributed by atoms with van der Waals surface area (Å²) in [7, 11) is 0. The number of carbonyl (C=O) groups is 3. The summed E-state index contributed by atoms with van der Waals surface area (Å²) in [6.07, 6.45) is 6.75. The van der Waals surface area contributed by atoms with Crippen molar-refractivity contribution in [3.8, 4) is 0 Å². The predicted octanol–water partition coefficient (Wildman–Crippen LogP) is 1.72. The minimum Gasteiger partial charge on any atom is -0.346 e. The molecule has 3 amide bonds. The van der Waals surface area contributed by atoms with Crippen LogP contribution in [0.2, 0.25) is 0 Å². The van der Waals surface area contributed by atoms with E-state index in [-0.39, 0.29) is 35.8 Å². The molecule has 27 heavy (non-hydrogen) atoms. The van der Waals surface area contributed by atoms with Gasteiger partial charge in [0.2, 0.25) is 5.91 Å². The number of hydrogen-bond acceptors (Lipinski definition) is 5. The number of thioether (sulfide) groups is 1. The summed E-state index contributed by atoms with van der Waals surface area (Å²) in [5.41, 5.74) is 5.50. The van der Waals surface area contributed by atoms with E-state index in [1.54, 1.807) is 0 Å². The van der Waals surface area contributed by atoms with Gasteiger partial charge in [-0.1, -0.05) is 41.9 Å². The number of fused-ring (bicyclic) bond motifs is 1. The molecule has 2 fully saturated rings. The first-order valence-electron chi connectivity index (χ1n) is 9.82. The lowest BCUT2D eigenvalue weighted by Gasteiger charge is -2.18. The van der Waals surface area contributed by atoms with Crippen molar-refractivity contribution < 1.29 is 14.4 Å². The second kappa shape index (κ2) is 12.1. The number of rotatable bonds is 13. The molecule has 0 radical (unpaired) electrons. The van der Waals surface area contributed by atoms with Crippen LogP contribution in [0.3, 0.4) is 0 Å². The van der Waals surface area contributed by atoms with Gasteiger partial charge in [-0.2, -0.15) is 11.8 Å². The van der Waals surface area contributed by atoms with Crippen molar-refractivity contribution in [2.24, 2.45) is 5.73 Å². The summed E-state index contributed by atoms with van der Waals surface area (Å²) in [6.45, 7) is 0.665. The van der Waals surface area contributed by atoms with Crippen molar-refractivity contribution in [3.05, 3.63) is 0 Å². The van der Waals surface area contributed by atoms with E-state index in [1.165, 1.54) is 0 Å². The van der Waals surface area contributed by atoms with E-state index in [4.69, 9.17) is 5.73 Å². The van der Waals surface area contributed by atoms with Gasteiger partial charge in [0.1, 0.15) is 0 Å². The fourth-order valence-corrected chi connectivity index (χ4v) is 5.69. The summed E-state index contributed by atoms with van der Waals surface area (Å²) in [6, 6.07) is 0.0378. The molecule has 2 aliphatic rings.